The van der Waals surface area contributed by atoms with Crippen molar-refractivity contribution in [1.29, 1.82) is 5.26 Å². The predicted octanol–water partition coefficient (Wildman–Crippen LogP) is 8.48. The molecule has 0 aromatic heterocycles. The van der Waals surface area contributed by atoms with Crippen molar-refractivity contribution in [1.82, 2.24) is 0 Å². The quantitative estimate of drug-likeness (QED) is 0.208. The van der Waals surface area contributed by atoms with Crippen molar-refractivity contribution in [3.8, 4) is 11.8 Å². The van der Waals surface area contributed by atoms with Crippen LogP contribution in [0.25, 0.3) is 6.08 Å². The van der Waals surface area contributed by atoms with Crippen molar-refractivity contribution in [3.63, 3.8) is 0 Å². The van der Waals surface area contributed by atoms with Crippen molar-refractivity contribution in [2.75, 3.05) is 5.32 Å². The predicted molar refractivity (Wildman–Crippen MR) is 146 cm³/mol. The SMILES string of the molecule is Cc1cccc(COc2c(Br)cc(/C=C(\C#N)C(=O)Nc3c(Br)cc(C)cc3Br)cc2Br)c1. The number of ether oxygens (including phenoxy) is 1. The molecule has 0 saturated heterocycles. The first-order valence-corrected chi connectivity index (χ1v) is 12.9. The highest BCUT2D eigenvalue weighted by molar-refractivity contribution is 9.11. The zero-order chi connectivity index (χ0) is 24.1. The molecule has 3 rings (SSSR count). The van der Waals surface area contributed by atoms with Gasteiger partial charge in [-0.05, 0) is 125 Å². The number of anilines is 1. The largest absolute Gasteiger partial charge is 0.487 e. The summed E-state index contributed by atoms with van der Waals surface area (Å²) in [6, 6.07) is 17.5. The molecule has 1 amide bonds. The van der Waals surface area contributed by atoms with Crippen molar-refractivity contribution in [2.45, 2.75) is 20.5 Å². The molecule has 0 radical (unpaired) electrons. The molecule has 8 heteroatoms. The van der Waals surface area contributed by atoms with Gasteiger partial charge in [-0.15, -0.1) is 0 Å². The van der Waals surface area contributed by atoms with E-state index in [0.717, 1.165) is 20.1 Å². The van der Waals surface area contributed by atoms with E-state index >= 15 is 0 Å². The van der Waals surface area contributed by atoms with Crippen molar-refractivity contribution < 1.29 is 9.53 Å². The molecule has 33 heavy (non-hydrogen) atoms. The standard InChI is InChI=1S/C25H18Br4N2O2/c1-14-4-3-5-16(6-14)13-33-24-21(28)10-17(11-22(24)29)9-18(12-30)25(32)31-23-19(26)7-15(2)8-20(23)27/h3-11H,13H2,1-2H3,(H,31,32)/b18-9+. The highest BCUT2D eigenvalue weighted by Gasteiger charge is 2.15. The molecule has 0 aliphatic rings. The van der Waals surface area contributed by atoms with E-state index in [9.17, 15) is 10.1 Å². The summed E-state index contributed by atoms with van der Waals surface area (Å²) >= 11 is 14.0. The number of nitrogens with zero attached hydrogens (tertiary/aromatic N) is 1. The van der Waals surface area contributed by atoms with Gasteiger partial charge in [-0.2, -0.15) is 5.26 Å². The molecule has 0 spiro atoms. The van der Waals surface area contributed by atoms with Gasteiger partial charge in [-0.25, -0.2) is 0 Å². The van der Waals surface area contributed by atoms with Crippen molar-refractivity contribution in [3.05, 3.63) is 94.2 Å². The maximum atomic E-state index is 12.8. The van der Waals surface area contributed by atoms with Gasteiger partial charge in [0.25, 0.3) is 5.91 Å². The van der Waals surface area contributed by atoms with Crippen LogP contribution in [0.4, 0.5) is 5.69 Å². The summed E-state index contributed by atoms with van der Waals surface area (Å²) in [4.78, 5) is 12.8. The Morgan fingerprint density at radius 3 is 2.18 bits per heavy atom. The van der Waals surface area contributed by atoms with Crippen molar-refractivity contribution in [2.24, 2.45) is 0 Å². The Bertz CT molecular complexity index is 1250. The topological polar surface area (TPSA) is 62.1 Å². The van der Waals surface area contributed by atoms with Crippen LogP contribution in [0, 0.1) is 25.2 Å². The summed E-state index contributed by atoms with van der Waals surface area (Å²) in [5.74, 6) is 0.138. The van der Waals surface area contributed by atoms with Crippen LogP contribution >= 0.6 is 63.7 Å². The summed E-state index contributed by atoms with van der Waals surface area (Å²) in [5, 5.41) is 12.4. The maximum absolute atomic E-state index is 12.8. The zero-order valence-electron chi connectivity index (χ0n) is 17.7. The second-order valence-corrected chi connectivity index (χ2v) is 10.7. The number of aryl methyl sites for hydroxylation is 2. The number of nitrogens with one attached hydrogen (secondary N) is 1. The summed E-state index contributed by atoms with van der Waals surface area (Å²) < 4.78 is 8.85. The van der Waals surface area contributed by atoms with Gasteiger partial charge in [0, 0.05) is 8.95 Å². The van der Waals surface area contributed by atoms with E-state index in [-0.39, 0.29) is 5.57 Å². The van der Waals surface area contributed by atoms with Crippen LogP contribution < -0.4 is 10.1 Å². The molecular weight excluding hydrogens is 680 g/mol. The first kappa shape index (κ1) is 25.7. The maximum Gasteiger partial charge on any atom is 0.266 e. The molecule has 0 bridgehead atoms. The number of carbonyl (C=O) groups is 1. The second-order valence-electron chi connectivity index (χ2n) is 7.32. The van der Waals surface area contributed by atoms with Crippen LogP contribution in [0.2, 0.25) is 0 Å². The molecule has 0 unspecified atom stereocenters. The summed E-state index contributed by atoms with van der Waals surface area (Å²) in [6.07, 6.45) is 1.53. The number of nitriles is 1. The number of halogens is 4. The lowest BCUT2D eigenvalue weighted by molar-refractivity contribution is -0.112. The lowest BCUT2D eigenvalue weighted by Gasteiger charge is -2.12. The van der Waals surface area contributed by atoms with Gasteiger partial charge in [0.15, 0.2) is 0 Å². The Kier molecular flexibility index (Phi) is 8.94. The highest BCUT2D eigenvalue weighted by Crippen LogP contribution is 2.36. The van der Waals surface area contributed by atoms with Gasteiger partial charge >= 0.3 is 0 Å². The van der Waals surface area contributed by atoms with Crippen molar-refractivity contribution >= 4 is 81.4 Å². The van der Waals surface area contributed by atoms with E-state index in [4.69, 9.17) is 4.74 Å². The average molecular weight is 698 g/mol. The van der Waals surface area contributed by atoms with Crippen LogP contribution in [-0.4, -0.2) is 5.91 Å². The average Bonchev–Trinajstić information content (AvgIpc) is 2.73. The molecule has 0 aliphatic carbocycles. The smallest absolute Gasteiger partial charge is 0.266 e. The molecular formula is C25H18Br4N2O2. The Hall–Kier alpha value is -1.92. The first-order chi connectivity index (χ1) is 15.7. The molecule has 4 nitrogen and oxygen atoms in total. The number of hydrogen-bond acceptors (Lipinski definition) is 3. The van der Waals surface area contributed by atoms with Gasteiger partial charge in [0.2, 0.25) is 0 Å². The molecule has 0 fully saturated rings. The molecule has 0 saturated carbocycles. The number of hydrogen-bond donors (Lipinski definition) is 1. The molecule has 0 aliphatic heterocycles. The number of carbonyl (C=O) groups excluding carboxylic acids is 1. The zero-order valence-corrected chi connectivity index (χ0v) is 24.0. The number of rotatable bonds is 6. The van der Waals surface area contributed by atoms with Gasteiger partial charge in [0.05, 0.1) is 14.6 Å². The third-order valence-electron chi connectivity index (χ3n) is 4.59. The number of amides is 1. The second kappa shape index (κ2) is 11.5. The van der Waals surface area contributed by atoms with E-state index < -0.39 is 5.91 Å². The normalized spacial score (nSPS) is 11.1. The Morgan fingerprint density at radius 2 is 1.61 bits per heavy atom. The summed E-state index contributed by atoms with van der Waals surface area (Å²) in [6.45, 7) is 4.40. The van der Waals surface area contributed by atoms with E-state index in [2.05, 4.69) is 75.1 Å². The molecule has 168 valence electrons. The molecule has 3 aromatic carbocycles. The van der Waals surface area contributed by atoms with E-state index in [1.165, 1.54) is 11.6 Å². The van der Waals surface area contributed by atoms with Gasteiger partial charge in [-0.1, -0.05) is 29.8 Å². The van der Waals surface area contributed by atoms with Crippen LogP contribution in [0.5, 0.6) is 5.75 Å². The third-order valence-corrected chi connectivity index (χ3v) is 7.02. The summed E-state index contributed by atoms with van der Waals surface area (Å²) in [7, 11) is 0. The van der Waals surface area contributed by atoms with Gasteiger partial charge in [0.1, 0.15) is 24.0 Å². The highest BCUT2D eigenvalue weighted by atomic mass is 79.9. The van der Waals surface area contributed by atoms with Crippen LogP contribution in [0.1, 0.15) is 22.3 Å². The lowest BCUT2D eigenvalue weighted by Crippen LogP contribution is -2.14. The molecule has 0 heterocycles. The van der Waals surface area contributed by atoms with Gasteiger partial charge < -0.3 is 10.1 Å². The van der Waals surface area contributed by atoms with E-state index in [0.29, 0.717) is 32.6 Å². The Balaban J connectivity index is 1.81. The fraction of sp³-hybridized carbons (Fsp3) is 0.120. The van der Waals surface area contributed by atoms with E-state index in [1.54, 1.807) is 12.1 Å². The van der Waals surface area contributed by atoms with Gasteiger partial charge in [-0.3, -0.25) is 4.79 Å². The fourth-order valence-electron chi connectivity index (χ4n) is 3.07. The minimum absolute atomic E-state index is 0.0263. The number of benzene rings is 3. The molecule has 0 atom stereocenters. The third kappa shape index (κ3) is 6.80. The minimum Gasteiger partial charge on any atom is -0.487 e. The lowest BCUT2D eigenvalue weighted by atomic mass is 10.1. The Morgan fingerprint density at radius 1 is 0.970 bits per heavy atom. The minimum atomic E-state index is -0.505. The van der Waals surface area contributed by atoms with Crippen LogP contribution in [-0.2, 0) is 11.4 Å². The molecule has 3 aromatic rings. The molecule has 1 N–H and O–H groups in total. The Labute approximate surface area is 226 Å². The monoisotopic (exact) mass is 694 g/mol. The first-order valence-electron chi connectivity index (χ1n) is 9.74. The summed E-state index contributed by atoms with van der Waals surface area (Å²) in [5.41, 5.74) is 4.47. The van der Waals surface area contributed by atoms with Crippen LogP contribution in [0.15, 0.2) is 72.0 Å². The van der Waals surface area contributed by atoms with Crippen LogP contribution in [0.3, 0.4) is 0 Å². The fourth-order valence-corrected chi connectivity index (χ4v) is 6.14. The van der Waals surface area contributed by atoms with E-state index in [1.807, 2.05) is 50.2 Å².